The van der Waals surface area contributed by atoms with Crippen molar-refractivity contribution < 1.29 is 14.0 Å². The molecule has 0 saturated carbocycles. The topological polar surface area (TPSA) is 43.9 Å². The Morgan fingerprint density at radius 3 is 2.58 bits per heavy atom. The molecule has 2 fully saturated rings. The molecule has 0 N–H and O–H groups in total. The molecule has 2 aliphatic heterocycles. The summed E-state index contributed by atoms with van der Waals surface area (Å²) in [5.41, 5.74) is 0.926. The molecule has 0 bridgehead atoms. The highest BCUT2D eigenvalue weighted by Crippen LogP contribution is 2.20. The summed E-state index contributed by atoms with van der Waals surface area (Å²) in [4.78, 5) is 31.5. The molecule has 0 aliphatic carbocycles. The number of carbonyl (C=O) groups excluding carboxylic acids is 2. The predicted molar refractivity (Wildman–Crippen MR) is 97.8 cm³/mol. The van der Waals surface area contributed by atoms with E-state index in [9.17, 15) is 14.0 Å². The zero-order chi connectivity index (χ0) is 18.7. The lowest BCUT2D eigenvalue weighted by molar-refractivity contribution is -0.144. The average molecular weight is 361 g/mol. The second kappa shape index (κ2) is 8.16. The lowest BCUT2D eigenvalue weighted by Gasteiger charge is -2.40. The van der Waals surface area contributed by atoms with Crippen molar-refractivity contribution in [2.45, 2.75) is 39.3 Å². The number of hydrogen-bond donors (Lipinski definition) is 0. The molecular weight excluding hydrogens is 333 g/mol. The third-order valence-electron chi connectivity index (χ3n) is 5.18. The van der Waals surface area contributed by atoms with E-state index in [1.165, 1.54) is 12.1 Å². The van der Waals surface area contributed by atoms with E-state index in [0.717, 1.165) is 31.6 Å². The number of hydrogen-bond acceptors (Lipinski definition) is 3. The maximum Gasteiger partial charge on any atom is 0.242 e. The van der Waals surface area contributed by atoms with E-state index >= 15 is 0 Å². The molecular formula is C20H28FN3O2. The molecule has 1 aromatic rings. The fourth-order valence-electron chi connectivity index (χ4n) is 3.78. The van der Waals surface area contributed by atoms with Gasteiger partial charge in [0, 0.05) is 45.7 Å². The van der Waals surface area contributed by atoms with Crippen LogP contribution in [-0.2, 0) is 16.1 Å². The van der Waals surface area contributed by atoms with E-state index in [0.29, 0.717) is 32.0 Å². The van der Waals surface area contributed by atoms with Crippen LogP contribution in [0.15, 0.2) is 24.3 Å². The molecule has 0 aromatic heterocycles. The van der Waals surface area contributed by atoms with Gasteiger partial charge in [0.25, 0.3) is 0 Å². The molecule has 142 valence electrons. The van der Waals surface area contributed by atoms with Gasteiger partial charge in [-0.3, -0.25) is 14.5 Å². The predicted octanol–water partition coefficient (Wildman–Crippen LogP) is 2.12. The third-order valence-corrected chi connectivity index (χ3v) is 5.18. The summed E-state index contributed by atoms with van der Waals surface area (Å²) in [5, 5.41) is 0. The van der Waals surface area contributed by atoms with E-state index in [1.54, 1.807) is 12.1 Å². The van der Waals surface area contributed by atoms with Crippen LogP contribution in [0.3, 0.4) is 0 Å². The number of rotatable bonds is 4. The quantitative estimate of drug-likeness (QED) is 0.825. The normalized spacial score (nSPS) is 21.7. The summed E-state index contributed by atoms with van der Waals surface area (Å²) < 4.78 is 13.1. The van der Waals surface area contributed by atoms with Crippen LogP contribution >= 0.6 is 0 Å². The molecule has 26 heavy (non-hydrogen) atoms. The maximum atomic E-state index is 13.1. The average Bonchev–Trinajstić information content (AvgIpc) is 2.82. The second-order valence-electron chi connectivity index (χ2n) is 7.73. The highest BCUT2D eigenvalue weighted by Gasteiger charge is 2.38. The Kier molecular flexibility index (Phi) is 5.91. The first-order chi connectivity index (χ1) is 12.4. The minimum absolute atomic E-state index is 0.0739. The highest BCUT2D eigenvalue weighted by atomic mass is 19.1. The van der Waals surface area contributed by atoms with Crippen molar-refractivity contribution in [3.8, 4) is 0 Å². The molecule has 2 heterocycles. The standard InChI is InChI=1S/C20H28FN3O2/c1-15(2)12-19(25)23-9-3-8-22-10-11-24(20(26)18(22)14-23)13-16-4-6-17(21)7-5-16/h4-7,15,18H,3,8-14H2,1-2H3. The molecule has 3 rings (SSSR count). The molecule has 2 amide bonds. The minimum Gasteiger partial charge on any atom is -0.341 e. The number of benzene rings is 1. The van der Waals surface area contributed by atoms with Gasteiger partial charge in [-0.2, -0.15) is 0 Å². The fraction of sp³-hybridized carbons (Fsp3) is 0.600. The van der Waals surface area contributed by atoms with Crippen LogP contribution in [0.4, 0.5) is 4.39 Å². The molecule has 0 spiro atoms. The van der Waals surface area contributed by atoms with Gasteiger partial charge in [-0.25, -0.2) is 4.39 Å². The van der Waals surface area contributed by atoms with Crippen molar-refractivity contribution in [2.75, 3.05) is 32.7 Å². The van der Waals surface area contributed by atoms with Gasteiger partial charge in [0.05, 0.1) is 0 Å². The van der Waals surface area contributed by atoms with Gasteiger partial charge in [-0.1, -0.05) is 26.0 Å². The minimum atomic E-state index is -0.270. The fourth-order valence-corrected chi connectivity index (χ4v) is 3.78. The molecule has 1 unspecified atom stereocenters. The zero-order valence-electron chi connectivity index (χ0n) is 15.7. The largest absolute Gasteiger partial charge is 0.341 e. The van der Waals surface area contributed by atoms with Crippen LogP contribution in [0.5, 0.6) is 0 Å². The molecule has 6 heteroatoms. The van der Waals surface area contributed by atoms with Crippen molar-refractivity contribution in [3.05, 3.63) is 35.6 Å². The van der Waals surface area contributed by atoms with Crippen LogP contribution in [0, 0.1) is 11.7 Å². The lowest BCUT2D eigenvalue weighted by Crippen LogP contribution is -2.59. The van der Waals surface area contributed by atoms with Gasteiger partial charge in [0.15, 0.2) is 0 Å². The summed E-state index contributed by atoms with van der Waals surface area (Å²) >= 11 is 0. The first-order valence-electron chi connectivity index (χ1n) is 9.49. The smallest absolute Gasteiger partial charge is 0.242 e. The summed E-state index contributed by atoms with van der Waals surface area (Å²) in [5.74, 6) is 0.266. The first-order valence-corrected chi connectivity index (χ1v) is 9.49. The van der Waals surface area contributed by atoms with Crippen LogP contribution in [0.1, 0.15) is 32.3 Å². The van der Waals surface area contributed by atoms with E-state index < -0.39 is 0 Å². The van der Waals surface area contributed by atoms with Crippen molar-refractivity contribution >= 4 is 11.8 Å². The summed E-state index contributed by atoms with van der Waals surface area (Å²) in [6, 6.07) is 6.03. The zero-order valence-corrected chi connectivity index (χ0v) is 15.7. The third kappa shape index (κ3) is 4.41. The van der Waals surface area contributed by atoms with Gasteiger partial charge in [-0.05, 0) is 30.0 Å². The van der Waals surface area contributed by atoms with Gasteiger partial charge in [-0.15, -0.1) is 0 Å². The van der Waals surface area contributed by atoms with Gasteiger partial charge >= 0.3 is 0 Å². The van der Waals surface area contributed by atoms with E-state index in [1.807, 2.05) is 23.6 Å². The monoisotopic (exact) mass is 361 g/mol. The summed E-state index contributed by atoms with van der Waals surface area (Å²) in [7, 11) is 0. The highest BCUT2D eigenvalue weighted by molar-refractivity contribution is 5.84. The number of fused-ring (bicyclic) bond motifs is 1. The van der Waals surface area contributed by atoms with Crippen LogP contribution in [0.2, 0.25) is 0 Å². The number of nitrogens with zero attached hydrogens (tertiary/aromatic N) is 3. The summed E-state index contributed by atoms with van der Waals surface area (Å²) in [6.07, 6.45) is 1.44. The van der Waals surface area contributed by atoms with Crippen molar-refractivity contribution in [3.63, 3.8) is 0 Å². The molecule has 2 aliphatic rings. The number of halogens is 1. The Hall–Kier alpha value is -1.95. The first kappa shape index (κ1) is 18.8. The van der Waals surface area contributed by atoms with E-state index in [2.05, 4.69) is 4.90 Å². The Balaban J connectivity index is 1.68. The second-order valence-corrected chi connectivity index (χ2v) is 7.73. The molecule has 0 radical (unpaired) electrons. The SMILES string of the molecule is CC(C)CC(=O)N1CCCN2CCN(Cc3ccc(F)cc3)C(=O)C2C1. The molecule has 5 nitrogen and oxygen atoms in total. The van der Waals surface area contributed by atoms with Crippen molar-refractivity contribution in [1.82, 2.24) is 14.7 Å². The molecule has 1 atom stereocenters. The van der Waals surface area contributed by atoms with Gasteiger partial charge in [0.1, 0.15) is 11.9 Å². The van der Waals surface area contributed by atoms with E-state index in [-0.39, 0.29) is 23.7 Å². The molecule has 2 saturated heterocycles. The Labute approximate surface area is 154 Å². The van der Waals surface area contributed by atoms with Crippen molar-refractivity contribution in [2.24, 2.45) is 5.92 Å². The summed E-state index contributed by atoms with van der Waals surface area (Å²) in [6.45, 7) is 8.12. The Bertz CT molecular complexity index is 647. The lowest BCUT2D eigenvalue weighted by atomic mass is 10.1. The Morgan fingerprint density at radius 1 is 1.15 bits per heavy atom. The maximum absolute atomic E-state index is 13.1. The number of piperazine rings is 1. The van der Waals surface area contributed by atoms with Crippen molar-refractivity contribution in [1.29, 1.82) is 0 Å². The van der Waals surface area contributed by atoms with Crippen LogP contribution < -0.4 is 0 Å². The van der Waals surface area contributed by atoms with Crippen LogP contribution in [-0.4, -0.2) is 65.3 Å². The number of carbonyl (C=O) groups is 2. The Morgan fingerprint density at radius 2 is 1.88 bits per heavy atom. The number of amides is 2. The van der Waals surface area contributed by atoms with E-state index in [4.69, 9.17) is 0 Å². The molecule has 1 aromatic carbocycles. The van der Waals surface area contributed by atoms with Gasteiger partial charge < -0.3 is 9.80 Å². The van der Waals surface area contributed by atoms with Crippen LogP contribution in [0.25, 0.3) is 0 Å². The van der Waals surface area contributed by atoms with Gasteiger partial charge in [0.2, 0.25) is 11.8 Å².